The molecule has 1 aromatic rings. The van der Waals surface area contributed by atoms with Gasteiger partial charge in [0, 0.05) is 30.4 Å². The van der Waals surface area contributed by atoms with Crippen molar-refractivity contribution in [2.45, 2.75) is 25.5 Å². The van der Waals surface area contributed by atoms with E-state index in [0.29, 0.717) is 11.3 Å². The summed E-state index contributed by atoms with van der Waals surface area (Å²) in [5.41, 5.74) is 1.08. The van der Waals surface area contributed by atoms with Gasteiger partial charge in [-0.2, -0.15) is 0 Å². The van der Waals surface area contributed by atoms with E-state index in [0.717, 1.165) is 0 Å². The number of aliphatic hydroxyl groups is 1. The highest BCUT2D eigenvalue weighted by molar-refractivity contribution is 5.97. The number of carbonyl (C=O) groups excluding carboxylic acids is 1. The molecule has 1 unspecified atom stereocenters. The second-order valence-electron chi connectivity index (χ2n) is 4.39. The van der Waals surface area contributed by atoms with Crippen molar-refractivity contribution in [2.24, 2.45) is 0 Å². The van der Waals surface area contributed by atoms with Gasteiger partial charge in [-0.1, -0.05) is 0 Å². The van der Waals surface area contributed by atoms with Crippen LogP contribution >= 0.6 is 0 Å². The topological polar surface area (TPSA) is 90.7 Å². The Balaban J connectivity index is 2.25. The van der Waals surface area contributed by atoms with Crippen molar-refractivity contribution in [3.05, 3.63) is 29.6 Å². The number of carboxylic acid groups (broad SMARTS) is 1. The fraction of sp³-hybridized carbons (Fsp3) is 0.417. The predicted molar refractivity (Wildman–Crippen MR) is 62.1 cm³/mol. The molecule has 1 fully saturated rings. The fourth-order valence-electron chi connectivity index (χ4n) is 2.12. The smallest absolute Gasteiger partial charge is 0.326 e. The van der Waals surface area contributed by atoms with Gasteiger partial charge < -0.3 is 15.1 Å². The highest BCUT2D eigenvalue weighted by Gasteiger charge is 2.39. The van der Waals surface area contributed by atoms with Gasteiger partial charge in [0.05, 0.1) is 6.10 Å². The molecule has 18 heavy (non-hydrogen) atoms. The van der Waals surface area contributed by atoms with Crippen molar-refractivity contribution >= 4 is 11.9 Å². The Kier molecular flexibility index (Phi) is 3.29. The molecule has 0 aromatic carbocycles. The number of aliphatic carboxylic acids is 1. The molecular formula is C12H14N2O4. The van der Waals surface area contributed by atoms with Crippen LogP contribution in [0.15, 0.2) is 18.3 Å². The minimum atomic E-state index is -1.09. The highest BCUT2D eigenvalue weighted by Crippen LogP contribution is 2.21. The number of pyridine rings is 1. The minimum Gasteiger partial charge on any atom is -0.480 e. The molecule has 0 bridgehead atoms. The molecule has 1 saturated heterocycles. The van der Waals surface area contributed by atoms with Crippen molar-refractivity contribution in [1.29, 1.82) is 0 Å². The number of aliphatic hydroxyl groups excluding tert-OH is 1. The molecule has 6 nitrogen and oxygen atoms in total. The molecule has 2 rings (SSSR count). The second-order valence-corrected chi connectivity index (χ2v) is 4.39. The van der Waals surface area contributed by atoms with Gasteiger partial charge in [0.15, 0.2) is 0 Å². The molecule has 2 N–H and O–H groups in total. The molecule has 0 spiro atoms. The van der Waals surface area contributed by atoms with Crippen LogP contribution in [-0.4, -0.2) is 50.7 Å². The fourth-order valence-corrected chi connectivity index (χ4v) is 2.12. The number of β-amino-alcohol motifs (C(OH)–C–C–N with tert-alkyl or cyclic N) is 1. The van der Waals surface area contributed by atoms with Crippen LogP contribution in [-0.2, 0) is 4.79 Å². The number of aryl methyl sites for hydroxylation is 1. The molecular weight excluding hydrogens is 236 g/mol. The van der Waals surface area contributed by atoms with E-state index in [4.69, 9.17) is 5.11 Å². The molecule has 0 saturated carbocycles. The Labute approximate surface area is 104 Å². The molecule has 96 valence electrons. The van der Waals surface area contributed by atoms with Crippen LogP contribution in [0.1, 0.15) is 22.5 Å². The summed E-state index contributed by atoms with van der Waals surface area (Å²) in [5.74, 6) is -1.48. The lowest BCUT2D eigenvalue weighted by atomic mass is 10.1. The van der Waals surface area contributed by atoms with Crippen LogP contribution in [0.2, 0.25) is 0 Å². The number of amides is 1. The van der Waals surface area contributed by atoms with E-state index in [1.54, 1.807) is 19.1 Å². The Morgan fingerprint density at radius 1 is 1.50 bits per heavy atom. The molecule has 1 aliphatic heterocycles. The maximum Gasteiger partial charge on any atom is 0.326 e. The third kappa shape index (κ3) is 2.33. The molecule has 1 aliphatic rings. The zero-order chi connectivity index (χ0) is 13.3. The summed E-state index contributed by atoms with van der Waals surface area (Å²) in [6, 6.07) is 2.19. The first-order valence-corrected chi connectivity index (χ1v) is 5.63. The lowest BCUT2D eigenvalue weighted by Gasteiger charge is -2.21. The minimum absolute atomic E-state index is 0.0527. The third-order valence-corrected chi connectivity index (χ3v) is 2.97. The van der Waals surface area contributed by atoms with E-state index in [9.17, 15) is 14.7 Å². The lowest BCUT2D eigenvalue weighted by molar-refractivity contribution is -0.141. The van der Waals surface area contributed by atoms with Crippen LogP contribution in [0.5, 0.6) is 0 Å². The second kappa shape index (κ2) is 4.73. The zero-order valence-corrected chi connectivity index (χ0v) is 9.91. The van der Waals surface area contributed by atoms with Crippen molar-refractivity contribution in [3.8, 4) is 0 Å². The number of hydrogen-bond donors (Lipinski definition) is 2. The number of carbonyl (C=O) groups is 2. The summed E-state index contributed by atoms with van der Waals surface area (Å²) in [6.45, 7) is 1.81. The van der Waals surface area contributed by atoms with E-state index in [1.807, 2.05) is 0 Å². The first-order chi connectivity index (χ1) is 8.49. The number of nitrogens with zero attached hydrogens (tertiary/aromatic N) is 2. The maximum absolute atomic E-state index is 12.2. The molecule has 1 aromatic heterocycles. The third-order valence-electron chi connectivity index (χ3n) is 2.97. The summed E-state index contributed by atoms with van der Waals surface area (Å²) in [4.78, 5) is 28.4. The normalized spacial score (nSPS) is 23.1. The first kappa shape index (κ1) is 12.5. The van der Waals surface area contributed by atoms with Gasteiger partial charge in [-0.25, -0.2) is 4.79 Å². The van der Waals surface area contributed by atoms with E-state index < -0.39 is 18.1 Å². The van der Waals surface area contributed by atoms with E-state index in [2.05, 4.69) is 4.98 Å². The van der Waals surface area contributed by atoms with Crippen LogP contribution in [0.3, 0.4) is 0 Å². The standard InChI is InChI=1S/C12H14N2O4/c1-7-4-8(2-3-13-7)11(16)14-6-9(15)5-10(14)12(17)18/h2-4,9-10,15H,5-6H2,1H3,(H,17,18)/t9?,10-/m0/s1. The van der Waals surface area contributed by atoms with Gasteiger partial charge in [0.1, 0.15) is 6.04 Å². The molecule has 2 heterocycles. The van der Waals surface area contributed by atoms with Crippen LogP contribution in [0.4, 0.5) is 0 Å². The largest absolute Gasteiger partial charge is 0.480 e. The van der Waals surface area contributed by atoms with Gasteiger partial charge in [0.2, 0.25) is 0 Å². The highest BCUT2D eigenvalue weighted by atomic mass is 16.4. The summed E-state index contributed by atoms with van der Waals surface area (Å²) in [7, 11) is 0. The Morgan fingerprint density at radius 2 is 2.22 bits per heavy atom. The summed E-state index contributed by atoms with van der Waals surface area (Å²) in [6.07, 6.45) is 0.800. The summed E-state index contributed by atoms with van der Waals surface area (Å²) >= 11 is 0. The molecule has 1 amide bonds. The van der Waals surface area contributed by atoms with Crippen molar-refractivity contribution in [1.82, 2.24) is 9.88 Å². The quantitative estimate of drug-likeness (QED) is 0.774. The van der Waals surface area contributed by atoms with Gasteiger partial charge in [-0.05, 0) is 19.1 Å². The number of carboxylic acids is 1. The zero-order valence-electron chi connectivity index (χ0n) is 9.91. The first-order valence-electron chi connectivity index (χ1n) is 5.63. The molecule has 2 atom stereocenters. The summed E-state index contributed by atoms with van der Waals surface area (Å²) in [5, 5.41) is 18.5. The Hall–Kier alpha value is -1.95. The number of hydrogen-bond acceptors (Lipinski definition) is 4. The van der Waals surface area contributed by atoms with E-state index in [-0.39, 0.29) is 18.9 Å². The monoisotopic (exact) mass is 250 g/mol. The number of rotatable bonds is 2. The van der Waals surface area contributed by atoms with Gasteiger partial charge in [0.25, 0.3) is 5.91 Å². The maximum atomic E-state index is 12.2. The molecule has 6 heteroatoms. The SMILES string of the molecule is Cc1cc(C(=O)N2CC(O)C[C@H]2C(=O)O)ccn1. The van der Waals surface area contributed by atoms with Crippen LogP contribution in [0.25, 0.3) is 0 Å². The van der Waals surface area contributed by atoms with Gasteiger partial charge >= 0.3 is 5.97 Å². The van der Waals surface area contributed by atoms with Crippen molar-refractivity contribution < 1.29 is 19.8 Å². The summed E-state index contributed by atoms with van der Waals surface area (Å²) < 4.78 is 0. The van der Waals surface area contributed by atoms with Gasteiger partial charge in [-0.15, -0.1) is 0 Å². The average Bonchev–Trinajstić information content (AvgIpc) is 2.70. The van der Waals surface area contributed by atoms with Gasteiger partial charge in [-0.3, -0.25) is 9.78 Å². The number of likely N-dealkylation sites (tertiary alicyclic amines) is 1. The lowest BCUT2D eigenvalue weighted by Crippen LogP contribution is -2.40. The Morgan fingerprint density at radius 3 is 2.83 bits per heavy atom. The number of aromatic nitrogens is 1. The molecule has 0 radical (unpaired) electrons. The van der Waals surface area contributed by atoms with Crippen molar-refractivity contribution in [2.75, 3.05) is 6.54 Å². The van der Waals surface area contributed by atoms with Crippen molar-refractivity contribution in [3.63, 3.8) is 0 Å². The molecule has 0 aliphatic carbocycles. The Bertz CT molecular complexity index is 489. The average molecular weight is 250 g/mol. The van der Waals surface area contributed by atoms with Crippen LogP contribution < -0.4 is 0 Å². The van der Waals surface area contributed by atoms with E-state index in [1.165, 1.54) is 11.1 Å². The van der Waals surface area contributed by atoms with Crippen LogP contribution in [0, 0.1) is 6.92 Å². The van der Waals surface area contributed by atoms with E-state index >= 15 is 0 Å². The predicted octanol–water partition coefficient (Wildman–Crippen LogP) is 0.0500.